The Morgan fingerprint density at radius 1 is 1.32 bits per heavy atom. The van der Waals surface area contributed by atoms with Gasteiger partial charge in [-0.05, 0) is 36.8 Å². The quantitative estimate of drug-likeness (QED) is 0.846. The molecule has 1 amide bonds. The Morgan fingerprint density at radius 2 is 2.09 bits per heavy atom. The van der Waals surface area contributed by atoms with Gasteiger partial charge in [-0.15, -0.1) is 0 Å². The maximum Gasteiger partial charge on any atom is 0.234 e. The van der Waals surface area contributed by atoms with Crippen molar-refractivity contribution in [3.05, 3.63) is 52.7 Å². The minimum absolute atomic E-state index is 0.0285. The second-order valence-electron chi connectivity index (χ2n) is 4.39. The van der Waals surface area contributed by atoms with Crippen LogP contribution in [0.25, 0.3) is 0 Å². The number of hydrogen-bond donors (Lipinski definition) is 1. The van der Waals surface area contributed by atoms with Crippen LogP contribution >= 0.6 is 23.4 Å². The highest BCUT2D eigenvalue weighted by Crippen LogP contribution is 2.24. The van der Waals surface area contributed by atoms with Crippen molar-refractivity contribution in [2.24, 2.45) is 0 Å². The minimum Gasteiger partial charge on any atom is -0.545 e. The fourth-order valence-corrected chi connectivity index (χ4v) is 2.68. The van der Waals surface area contributed by atoms with Gasteiger partial charge in [-0.3, -0.25) is 4.79 Å². The van der Waals surface area contributed by atoms with E-state index in [-0.39, 0.29) is 22.2 Å². The Bertz CT molecular complexity index is 722. The first-order valence-corrected chi connectivity index (χ1v) is 7.69. The number of nitrogens with one attached hydrogen (secondary N) is 1. The van der Waals surface area contributed by atoms with Crippen LogP contribution in [0.15, 0.2) is 41.6 Å². The monoisotopic (exact) mass is 335 g/mol. The van der Waals surface area contributed by atoms with Crippen LogP contribution in [-0.4, -0.2) is 22.6 Å². The summed E-state index contributed by atoms with van der Waals surface area (Å²) in [6.07, 6.45) is 1.47. The maximum absolute atomic E-state index is 12.0. The third-order valence-electron chi connectivity index (χ3n) is 2.87. The number of pyridine rings is 1. The topological polar surface area (TPSA) is 82.1 Å². The summed E-state index contributed by atoms with van der Waals surface area (Å²) in [6, 6.07) is 8.12. The Labute approximate surface area is 136 Å². The highest BCUT2D eigenvalue weighted by molar-refractivity contribution is 8.00. The Kier molecular flexibility index (Phi) is 5.41. The van der Waals surface area contributed by atoms with Crippen molar-refractivity contribution in [1.82, 2.24) is 4.98 Å². The lowest BCUT2D eigenvalue weighted by Gasteiger charge is -2.10. The highest BCUT2D eigenvalue weighted by atomic mass is 35.5. The SMILES string of the molecule is Cc1c(Cl)cccc1NC(=O)CSc1ncccc1C(=O)[O-]. The molecular formula is C15H12ClN2O3S-. The Morgan fingerprint density at radius 3 is 2.82 bits per heavy atom. The molecule has 2 aromatic rings. The molecule has 1 aromatic heterocycles. The molecule has 5 nitrogen and oxygen atoms in total. The first-order chi connectivity index (χ1) is 10.5. The summed E-state index contributed by atoms with van der Waals surface area (Å²) < 4.78 is 0. The third-order valence-corrected chi connectivity index (χ3v) is 4.29. The van der Waals surface area contributed by atoms with Crippen molar-refractivity contribution in [2.45, 2.75) is 11.9 Å². The highest BCUT2D eigenvalue weighted by Gasteiger charge is 2.10. The van der Waals surface area contributed by atoms with E-state index in [2.05, 4.69) is 10.3 Å². The van der Waals surface area contributed by atoms with Gasteiger partial charge in [0.2, 0.25) is 5.91 Å². The van der Waals surface area contributed by atoms with E-state index in [1.165, 1.54) is 18.3 Å². The van der Waals surface area contributed by atoms with Crippen molar-refractivity contribution >= 4 is 40.9 Å². The number of carboxylic acids is 1. The molecular weight excluding hydrogens is 324 g/mol. The van der Waals surface area contributed by atoms with Crippen LogP contribution in [0.1, 0.15) is 15.9 Å². The summed E-state index contributed by atoms with van der Waals surface area (Å²) in [5.74, 6) is -1.56. The number of carbonyl (C=O) groups is 2. The molecule has 0 saturated heterocycles. The number of anilines is 1. The van der Waals surface area contributed by atoms with Crippen LogP contribution in [-0.2, 0) is 4.79 Å². The van der Waals surface area contributed by atoms with E-state index in [9.17, 15) is 14.7 Å². The molecule has 0 unspecified atom stereocenters. The van der Waals surface area contributed by atoms with Crippen LogP contribution in [0.5, 0.6) is 0 Å². The zero-order valence-corrected chi connectivity index (χ0v) is 13.2. The normalized spacial score (nSPS) is 10.3. The van der Waals surface area contributed by atoms with Gasteiger partial charge in [0.1, 0.15) is 5.03 Å². The summed E-state index contributed by atoms with van der Waals surface area (Å²) in [5.41, 5.74) is 1.37. The number of hydrogen-bond acceptors (Lipinski definition) is 5. The lowest BCUT2D eigenvalue weighted by Crippen LogP contribution is -2.23. The maximum atomic E-state index is 12.0. The number of aromatic nitrogens is 1. The molecule has 0 bridgehead atoms. The smallest absolute Gasteiger partial charge is 0.234 e. The first-order valence-electron chi connectivity index (χ1n) is 6.33. The standard InChI is InChI=1S/C15H13ClN2O3S/c1-9-11(16)5-2-6-12(9)18-13(19)8-22-14-10(15(20)21)4-3-7-17-14/h2-7H,8H2,1H3,(H,18,19)(H,20,21)/p-1. The molecule has 22 heavy (non-hydrogen) atoms. The molecule has 1 heterocycles. The van der Waals surface area contributed by atoms with Gasteiger partial charge in [0.05, 0.1) is 11.7 Å². The molecule has 0 spiro atoms. The van der Waals surface area contributed by atoms with Crippen molar-refractivity contribution in [3.8, 4) is 0 Å². The molecule has 7 heteroatoms. The van der Waals surface area contributed by atoms with E-state index >= 15 is 0 Å². The van der Waals surface area contributed by atoms with Gasteiger partial charge in [-0.25, -0.2) is 4.98 Å². The summed E-state index contributed by atoms with van der Waals surface area (Å²) in [5, 5.41) is 14.5. The van der Waals surface area contributed by atoms with Gasteiger partial charge in [0.25, 0.3) is 0 Å². The summed E-state index contributed by atoms with van der Waals surface area (Å²) in [7, 11) is 0. The number of aromatic carboxylic acids is 1. The zero-order chi connectivity index (χ0) is 16.1. The van der Waals surface area contributed by atoms with Crippen LogP contribution in [0.3, 0.4) is 0 Å². The van der Waals surface area contributed by atoms with Crippen LogP contribution < -0.4 is 10.4 Å². The predicted molar refractivity (Wildman–Crippen MR) is 84.1 cm³/mol. The second-order valence-corrected chi connectivity index (χ2v) is 5.76. The minimum atomic E-state index is -1.32. The lowest BCUT2D eigenvalue weighted by molar-refractivity contribution is -0.255. The third kappa shape index (κ3) is 3.99. The molecule has 0 aliphatic rings. The van der Waals surface area contributed by atoms with E-state index in [4.69, 9.17) is 11.6 Å². The average molecular weight is 336 g/mol. The number of thioether (sulfide) groups is 1. The number of halogens is 1. The van der Waals surface area contributed by atoms with E-state index in [1.807, 2.05) is 0 Å². The van der Waals surface area contributed by atoms with Crippen LogP contribution in [0.2, 0.25) is 5.02 Å². The van der Waals surface area contributed by atoms with Crippen molar-refractivity contribution in [2.75, 3.05) is 11.1 Å². The van der Waals surface area contributed by atoms with Gasteiger partial charge in [-0.2, -0.15) is 0 Å². The second kappa shape index (κ2) is 7.29. The van der Waals surface area contributed by atoms with Gasteiger partial charge >= 0.3 is 0 Å². The van der Waals surface area contributed by atoms with Crippen molar-refractivity contribution < 1.29 is 14.7 Å². The molecule has 0 atom stereocenters. The van der Waals surface area contributed by atoms with Crippen molar-refractivity contribution in [3.63, 3.8) is 0 Å². The molecule has 1 aromatic carbocycles. The average Bonchev–Trinajstić information content (AvgIpc) is 2.50. The molecule has 0 radical (unpaired) electrons. The van der Waals surface area contributed by atoms with Gasteiger partial charge in [0, 0.05) is 22.5 Å². The molecule has 1 N–H and O–H groups in total. The number of carboxylic acid groups (broad SMARTS) is 1. The van der Waals surface area contributed by atoms with E-state index < -0.39 is 5.97 Å². The number of amides is 1. The largest absolute Gasteiger partial charge is 0.545 e. The number of carbonyl (C=O) groups excluding carboxylic acids is 2. The molecule has 0 saturated carbocycles. The lowest BCUT2D eigenvalue weighted by atomic mass is 10.2. The van der Waals surface area contributed by atoms with Crippen molar-refractivity contribution in [1.29, 1.82) is 0 Å². The molecule has 114 valence electrons. The number of benzene rings is 1. The summed E-state index contributed by atoms with van der Waals surface area (Å²) in [4.78, 5) is 26.9. The van der Waals surface area contributed by atoms with Crippen LogP contribution in [0, 0.1) is 6.92 Å². The van der Waals surface area contributed by atoms with Gasteiger partial charge in [-0.1, -0.05) is 29.4 Å². The first kappa shape index (κ1) is 16.3. The molecule has 2 rings (SSSR count). The molecule has 0 fully saturated rings. The Balaban J connectivity index is 2.02. The van der Waals surface area contributed by atoms with Gasteiger partial charge < -0.3 is 15.2 Å². The number of nitrogens with zero attached hydrogens (tertiary/aromatic N) is 1. The number of rotatable bonds is 5. The fourth-order valence-electron chi connectivity index (χ4n) is 1.72. The summed E-state index contributed by atoms with van der Waals surface area (Å²) >= 11 is 7.02. The summed E-state index contributed by atoms with van der Waals surface area (Å²) in [6.45, 7) is 1.80. The molecule has 0 aliphatic heterocycles. The van der Waals surface area contributed by atoms with E-state index in [1.54, 1.807) is 25.1 Å². The fraction of sp³-hybridized carbons (Fsp3) is 0.133. The Hall–Kier alpha value is -2.05. The zero-order valence-electron chi connectivity index (χ0n) is 11.6. The van der Waals surface area contributed by atoms with E-state index in [0.29, 0.717) is 10.7 Å². The molecule has 0 aliphatic carbocycles. The van der Waals surface area contributed by atoms with Gasteiger partial charge in [0.15, 0.2) is 0 Å². The van der Waals surface area contributed by atoms with Crippen LogP contribution in [0.4, 0.5) is 5.69 Å². The van der Waals surface area contributed by atoms with E-state index in [0.717, 1.165) is 17.3 Å². The predicted octanol–water partition coefficient (Wildman–Crippen LogP) is 2.14.